The van der Waals surface area contributed by atoms with Crippen molar-refractivity contribution in [1.29, 1.82) is 0 Å². The average Bonchev–Trinajstić information content (AvgIpc) is 3.29. The maximum absolute atomic E-state index is 12.6. The Kier molecular flexibility index (Phi) is 3.86. The van der Waals surface area contributed by atoms with E-state index in [0.29, 0.717) is 22.8 Å². The van der Waals surface area contributed by atoms with Crippen LogP contribution in [-0.2, 0) is 9.53 Å². The Morgan fingerprint density at radius 3 is 2.35 bits per heavy atom. The molecular formula is C19H18O7. The van der Waals surface area contributed by atoms with Gasteiger partial charge in [0.1, 0.15) is 6.61 Å². The first-order valence-electron chi connectivity index (χ1n) is 8.18. The average molecular weight is 358 g/mol. The highest BCUT2D eigenvalue weighted by molar-refractivity contribution is 6.03. The minimum absolute atomic E-state index is 0.0728. The summed E-state index contributed by atoms with van der Waals surface area (Å²) in [5, 5.41) is 0. The highest BCUT2D eigenvalue weighted by Gasteiger charge is 2.53. The molecule has 0 N–H and O–H groups in total. The molecule has 7 heteroatoms. The zero-order valence-electron chi connectivity index (χ0n) is 14.6. The van der Waals surface area contributed by atoms with Gasteiger partial charge in [0.05, 0.1) is 39.4 Å². The number of fused-ring (bicyclic) bond motifs is 2. The van der Waals surface area contributed by atoms with Crippen LogP contribution in [0, 0.1) is 11.8 Å². The molecule has 1 aromatic carbocycles. The van der Waals surface area contributed by atoms with Gasteiger partial charge in [0.15, 0.2) is 17.3 Å². The van der Waals surface area contributed by atoms with Crippen LogP contribution in [0.4, 0.5) is 0 Å². The van der Waals surface area contributed by atoms with Gasteiger partial charge in [0.2, 0.25) is 11.5 Å². The second-order valence-electron chi connectivity index (χ2n) is 6.27. The summed E-state index contributed by atoms with van der Waals surface area (Å²) in [6.07, 6.45) is 1.47. The Balaban J connectivity index is 1.92. The molecule has 7 nitrogen and oxygen atoms in total. The van der Waals surface area contributed by atoms with Gasteiger partial charge >= 0.3 is 5.97 Å². The lowest BCUT2D eigenvalue weighted by Gasteiger charge is -2.30. The molecule has 1 fully saturated rings. The van der Waals surface area contributed by atoms with Crippen molar-refractivity contribution in [2.24, 2.45) is 11.8 Å². The molecule has 1 aliphatic heterocycles. The third-order valence-corrected chi connectivity index (χ3v) is 5.11. The molecule has 1 aromatic heterocycles. The van der Waals surface area contributed by atoms with Crippen LogP contribution in [-0.4, -0.2) is 39.7 Å². The maximum atomic E-state index is 12.6. The zero-order valence-corrected chi connectivity index (χ0v) is 14.6. The van der Waals surface area contributed by atoms with E-state index in [1.165, 1.54) is 27.6 Å². The minimum atomic E-state index is -0.601. The summed E-state index contributed by atoms with van der Waals surface area (Å²) in [5.74, 6) is -0.417. The van der Waals surface area contributed by atoms with Gasteiger partial charge in [-0.05, 0) is 23.8 Å². The fraction of sp³-hybridized carbons (Fsp3) is 0.368. The number of Topliss-reactive ketones (excluding diaryl/α,β-unsaturated/α-hetero) is 1. The van der Waals surface area contributed by atoms with Crippen molar-refractivity contribution in [3.05, 3.63) is 41.3 Å². The number of benzene rings is 1. The third-order valence-electron chi connectivity index (χ3n) is 5.11. The number of rotatable bonds is 4. The van der Waals surface area contributed by atoms with Crippen LogP contribution in [0.5, 0.6) is 17.2 Å². The van der Waals surface area contributed by atoms with Crippen LogP contribution < -0.4 is 14.2 Å². The molecule has 4 rings (SSSR count). The molecule has 2 heterocycles. The lowest BCUT2D eigenvalue weighted by atomic mass is 9.69. The summed E-state index contributed by atoms with van der Waals surface area (Å²) in [7, 11) is 4.58. The van der Waals surface area contributed by atoms with Crippen molar-refractivity contribution in [3.8, 4) is 17.2 Å². The number of ketones is 1. The predicted molar refractivity (Wildman–Crippen MR) is 88.9 cm³/mol. The van der Waals surface area contributed by atoms with Gasteiger partial charge in [-0.15, -0.1) is 0 Å². The van der Waals surface area contributed by atoms with Crippen molar-refractivity contribution in [2.75, 3.05) is 27.9 Å². The lowest BCUT2D eigenvalue weighted by Crippen LogP contribution is -2.35. The molecule has 1 aliphatic carbocycles. The number of ether oxygens (including phenoxy) is 4. The molecule has 2 aromatic rings. The normalized spacial score (nSPS) is 23.9. The first-order valence-corrected chi connectivity index (χ1v) is 8.18. The van der Waals surface area contributed by atoms with E-state index in [9.17, 15) is 9.59 Å². The lowest BCUT2D eigenvalue weighted by molar-refractivity contribution is -0.141. The summed E-state index contributed by atoms with van der Waals surface area (Å²) in [5.41, 5.74) is 1.44. The van der Waals surface area contributed by atoms with Gasteiger partial charge in [-0.2, -0.15) is 0 Å². The van der Waals surface area contributed by atoms with Crippen molar-refractivity contribution in [3.63, 3.8) is 0 Å². The van der Waals surface area contributed by atoms with E-state index in [1.807, 2.05) is 0 Å². The monoisotopic (exact) mass is 358 g/mol. The number of carbonyl (C=O) groups excluding carboxylic acids is 2. The van der Waals surface area contributed by atoms with E-state index in [4.69, 9.17) is 23.4 Å². The Hall–Kier alpha value is -2.96. The molecule has 0 unspecified atom stereocenters. The molecule has 0 bridgehead atoms. The molecule has 2 aliphatic rings. The van der Waals surface area contributed by atoms with Crippen LogP contribution >= 0.6 is 0 Å². The van der Waals surface area contributed by atoms with Crippen molar-refractivity contribution < 1.29 is 33.0 Å². The Bertz CT molecular complexity index is 857. The molecule has 1 saturated heterocycles. The minimum Gasteiger partial charge on any atom is -0.493 e. The second-order valence-corrected chi connectivity index (χ2v) is 6.27. The number of methoxy groups -OCH3 is 3. The molecule has 0 saturated carbocycles. The summed E-state index contributed by atoms with van der Waals surface area (Å²) in [6.45, 7) is 0.0728. The van der Waals surface area contributed by atoms with E-state index < -0.39 is 17.8 Å². The van der Waals surface area contributed by atoms with E-state index in [-0.39, 0.29) is 24.1 Å². The summed E-state index contributed by atoms with van der Waals surface area (Å²) >= 11 is 0. The smallest absolute Gasteiger partial charge is 0.310 e. The molecular weight excluding hydrogens is 340 g/mol. The van der Waals surface area contributed by atoms with E-state index in [1.54, 1.807) is 18.2 Å². The number of hydrogen-bond acceptors (Lipinski definition) is 7. The highest BCUT2D eigenvalue weighted by Crippen LogP contribution is 2.50. The van der Waals surface area contributed by atoms with E-state index in [0.717, 1.165) is 5.56 Å². The maximum Gasteiger partial charge on any atom is 0.310 e. The first-order chi connectivity index (χ1) is 12.6. The standard InChI is InChI=1S/C19H18O7/c1-22-12-6-9(7-13(23-2)18(12)24-3)14-10-4-5-25-17(10)16(20)11-8-26-19(21)15(11)14/h4-7,11,14-15H,8H2,1-3H3/t11-,14-,15-/m1/s1. The van der Waals surface area contributed by atoms with Crippen molar-refractivity contribution in [2.45, 2.75) is 5.92 Å². The van der Waals surface area contributed by atoms with Gasteiger partial charge in [0.25, 0.3) is 0 Å². The topological polar surface area (TPSA) is 84.2 Å². The van der Waals surface area contributed by atoms with E-state index >= 15 is 0 Å². The second kappa shape index (κ2) is 6.09. The SMILES string of the molecule is COc1cc([C@@H]2c3ccoc3C(=O)[C@@H]3COC(=O)[C@@H]23)cc(OC)c1OC. The molecule has 136 valence electrons. The number of hydrogen-bond donors (Lipinski definition) is 0. The van der Waals surface area contributed by atoms with Gasteiger partial charge in [-0.1, -0.05) is 0 Å². The highest BCUT2D eigenvalue weighted by atomic mass is 16.5. The van der Waals surface area contributed by atoms with Crippen LogP contribution in [0.3, 0.4) is 0 Å². The molecule has 0 amide bonds. The summed E-state index contributed by atoms with van der Waals surface area (Å²) in [4.78, 5) is 25.0. The van der Waals surface area contributed by atoms with E-state index in [2.05, 4.69) is 0 Å². The molecule has 26 heavy (non-hydrogen) atoms. The first kappa shape index (κ1) is 16.5. The zero-order chi connectivity index (χ0) is 18.4. The van der Waals surface area contributed by atoms with Gasteiger partial charge in [0, 0.05) is 11.5 Å². The predicted octanol–water partition coefficient (Wildman–Crippen LogP) is 2.42. The Morgan fingerprint density at radius 2 is 1.73 bits per heavy atom. The fourth-order valence-electron chi connectivity index (χ4n) is 3.94. The number of furan rings is 1. The Morgan fingerprint density at radius 1 is 1.04 bits per heavy atom. The molecule has 0 spiro atoms. The van der Waals surface area contributed by atoms with Gasteiger partial charge < -0.3 is 23.4 Å². The fourth-order valence-corrected chi connectivity index (χ4v) is 3.94. The van der Waals surface area contributed by atoms with Crippen LogP contribution in [0.15, 0.2) is 28.9 Å². The number of esters is 1. The summed E-state index contributed by atoms with van der Waals surface area (Å²) < 4.78 is 26.8. The molecule has 0 radical (unpaired) electrons. The van der Waals surface area contributed by atoms with Crippen molar-refractivity contribution in [1.82, 2.24) is 0 Å². The summed E-state index contributed by atoms with van der Waals surface area (Å²) in [6, 6.07) is 5.31. The number of carbonyl (C=O) groups is 2. The number of cyclic esters (lactones) is 1. The van der Waals surface area contributed by atoms with Gasteiger partial charge in [-0.3, -0.25) is 9.59 Å². The largest absolute Gasteiger partial charge is 0.493 e. The third kappa shape index (κ3) is 2.20. The van der Waals surface area contributed by atoms with Crippen LogP contribution in [0.1, 0.15) is 27.6 Å². The molecule has 3 atom stereocenters. The van der Waals surface area contributed by atoms with Crippen LogP contribution in [0.2, 0.25) is 0 Å². The Labute approximate surface area is 149 Å². The van der Waals surface area contributed by atoms with Gasteiger partial charge in [-0.25, -0.2) is 0 Å². The quantitative estimate of drug-likeness (QED) is 0.776. The van der Waals surface area contributed by atoms with Crippen LogP contribution in [0.25, 0.3) is 0 Å². The van der Waals surface area contributed by atoms with Crippen molar-refractivity contribution >= 4 is 11.8 Å².